The molecule has 2 saturated heterocycles. The van der Waals surface area contributed by atoms with Crippen molar-refractivity contribution in [2.75, 3.05) is 38.2 Å². The largest absolute Gasteiger partial charge is 0.382 e. The van der Waals surface area contributed by atoms with E-state index in [-0.39, 0.29) is 23.1 Å². The lowest BCUT2D eigenvalue weighted by atomic mass is 9.84. The average Bonchev–Trinajstić information content (AvgIpc) is 2.95. The van der Waals surface area contributed by atoms with Crippen LogP contribution in [0.4, 0.5) is 10.2 Å². The Morgan fingerprint density at radius 3 is 2.73 bits per heavy atom. The summed E-state index contributed by atoms with van der Waals surface area (Å²) in [5.74, 6) is 0.0723. The number of nitrogens with one attached hydrogen (secondary N) is 1. The van der Waals surface area contributed by atoms with Gasteiger partial charge in [-0.3, -0.25) is 14.7 Å². The summed E-state index contributed by atoms with van der Waals surface area (Å²) in [4.78, 5) is 29.5. The number of hydrogen-bond donors (Lipinski definition) is 3. The number of amidine groups is 1. The van der Waals surface area contributed by atoms with Crippen molar-refractivity contribution in [2.45, 2.75) is 32.9 Å². The molecule has 0 aliphatic carbocycles. The predicted octanol–water partition coefficient (Wildman–Crippen LogP) is 3.36. The van der Waals surface area contributed by atoms with Gasteiger partial charge in [0.25, 0.3) is 5.91 Å². The molecule has 1 aromatic heterocycles. The van der Waals surface area contributed by atoms with Gasteiger partial charge in [0.05, 0.1) is 30.5 Å². The number of aliphatic hydroxyl groups excluding tert-OH is 1. The molecule has 3 aliphatic heterocycles. The minimum atomic E-state index is -0.540. The molecule has 2 atom stereocenters. The number of aromatic nitrogens is 1. The number of benzene rings is 1. The van der Waals surface area contributed by atoms with Crippen LogP contribution in [0, 0.1) is 24.1 Å². The van der Waals surface area contributed by atoms with E-state index in [2.05, 4.69) is 38.8 Å². The number of pyridine rings is 1. The zero-order valence-electron chi connectivity index (χ0n) is 23.4. The number of rotatable bonds is 8. The van der Waals surface area contributed by atoms with Crippen molar-refractivity contribution in [3.63, 3.8) is 0 Å². The van der Waals surface area contributed by atoms with Crippen LogP contribution in [0.3, 0.4) is 0 Å². The van der Waals surface area contributed by atoms with Gasteiger partial charge < -0.3 is 25.8 Å². The molecule has 41 heavy (non-hydrogen) atoms. The molecule has 10 nitrogen and oxygen atoms in total. The van der Waals surface area contributed by atoms with E-state index in [9.17, 15) is 14.3 Å². The maximum atomic E-state index is 13.5. The van der Waals surface area contributed by atoms with Crippen molar-refractivity contribution in [3.8, 4) is 0 Å². The molecular formula is C30H36FN7O3. The van der Waals surface area contributed by atoms with Gasteiger partial charge in [0.2, 0.25) is 0 Å². The molecule has 0 spiro atoms. The maximum Gasteiger partial charge on any atom is 0.256 e. The average molecular weight is 562 g/mol. The van der Waals surface area contributed by atoms with E-state index < -0.39 is 12.0 Å². The first-order valence-corrected chi connectivity index (χ1v) is 13.7. The van der Waals surface area contributed by atoms with Crippen LogP contribution < -0.4 is 11.1 Å². The smallest absolute Gasteiger partial charge is 0.256 e. The van der Waals surface area contributed by atoms with Gasteiger partial charge in [-0.2, -0.15) is 0 Å². The van der Waals surface area contributed by atoms with Gasteiger partial charge in [-0.1, -0.05) is 19.1 Å². The van der Waals surface area contributed by atoms with Crippen molar-refractivity contribution < 1.29 is 19.0 Å². The minimum absolute atomic E-state index is 0.230. The molecule has 2 aromatic rings. The number of carbonyl (C=O) groups excluding carboxylic acids is 1. The molecule has 4 N–H and O–H groups in total. The molecule has 216 valence electrons. The zero-order chi connectivity index (χ0) is 29.1. The van der Waals surface area contributed by atoms with E-state index in [0.717, 1.165) is 37.7 Å². The molecule has 1 unspecified atom stereocenters. The molecular weight excluding hydrogens is 525 g/mol. The van der Waals surface area contributed by atoms with Crippen molar-refractivity contribution in [1.29, 1.82) is 0 Å². The first-order valence-electron chi connectivity index (χ1n) is 13.7. The fraction of sp³-hybridized carbons (Fsp3) is 0.400. The van der Waals surface area contributed by atoms with Crippen molar-refractivity contribution in [3.05, 3.63) is 77.1 Å². The van der Waals surface area contributed by atoms with Crippen LogP contribution in [-0.4, -0.2) is 77.4 Å². The van der Waals surface area contributed by atoms with Gasteiger partial charge >= 0.3 is 0 Å². The fourth-order valence-electron chi connectivity index (χ4n) is 5.53. The first-order chi connectivity index (χ1) is 19.7. The van der Waals surface area contributed by atoms with Crippen LogP contribution in [0.5, 0.6) is 0 Å². The molecule has 11 heteroatoms. The van der Waals surface area contributed by atoms with Gasteiger partial charge in [0, 0.05) is 43.2 Å². The lowest BCUT2D eigenvalue weighted by Crippen LogP contribution is -2.58. The summed E-state index contributed by atoms with van der Waals surface area (Å²) in [7, 11) is 0. The van der Waals surface area contributed by atoms with Crippen LogP contribution >= 0.6 is 0 Å². The van der Waals surface area contributed by atoms with Crippen molar-refractivity contribution in [2.24, 2.45) is 27.1 Å². The summed E-state index contributed by atoms with van der Waals surface area (Å²) in [6.45, 7) is 10.9. The lowest BCUT2D eigenvalue weighted by molar-refractivity contribution is -0.210. The molecule has 5 rings (SSSR count). The van der Waals surface area contributed by atoms with Gasteiger partial charge in [-0.15, -0.1) is 0 Å². The van der Waals surface area contributed by atoms with Crippen LogP contribution in [0.2, 0.25) is 0 Å². The number of anilines is 1. The summed E-state index contributed by atoms with van der Waals surface area (Å²) >= 11 is 0. The van der Waals surface area contributed by atoms with Gasteiger partial charge in [0.15, 0.2) is 0 Å². The van der Waals surface area contributed by atoms with E-state index in [1.165, 1.54) is 6.07 Å². The standard InChI is InChI=1S/C30H36FN7O3/c1-19-13-24(35-14-23(19)31)36-28(39)22-8-6-21(7-9-22)25(33-3)26-27(32)34-10-12-37(26)15-20-5-4-11-38(16-20)29(40)30(2)17-41-18-30/h6-10,12-14,20,29,40H,3-5,11,15-18H2,1-2H3,(H2,32,34)(H,35,36,39)/b26-25-/t20-,29?/m0/s1. The summed E-state index contributed by atoms with van der Waals surface area (Å²) in [6, 6.07) is 8.38. The highest BCUT2D eigenvalue weighted by atomic mass is 19.1. The van der Waals surface area contributed by atoms with E-state index >= 15 is 0 Å². The van der Waals surface area contributed by atoms with Crippen LogP contribution in [0.15, 0.2) is 64.6 Å². The zero-order valence-corrected chi connectivity index (χ0v) is 23.4. The second kappa shape index (κ2) is 11.9. The van der Waals surface area contributed by atoms with Crippen molar-refractivity contribution in [1.82, 2.24) is 14.8 Å². The number of nitrogens with zero attached hydrogens (tertiary/aromatic N) is 5. The number of nitrogens with two attached hydrogens (primary N) is 1. The third kappa shape index (κ3) is 6.07. The number of hydrogen-bond acceptors (Lipinski definition) is 9. The predicted molar refractivity (Wildman–Crippen MR) is 156 cm³/mol. The Labute approximate surface area is 239 Å². The lowest BCUT2D eigenvalue weighted by Gasteiger charge is -2.48. The molecule has 0 radical (unpaired) electrons. The number of ether oxygens (including phenoxy) is 1. The summed E-state index contributed by atoms with van der Waals surface area (Å²) in [5.41, 5.74) is 8.86. The monoisotopic (exact) mass is 561 g/mol. The van der Waals surface area contributed by atoms with E-state index in [0.29, 0.717) is 48.1 Å². The van der Waals surface area contributed by atoms with Gasteiger partial charge in [0.1, 0.15) is 29.4 Å². The maximum absolute atomic E-state index is 13.5. The second-order valence-corrected chi connectivity index (χ2v) is 11.2. The highest BCUT2D eigenvalue weighted by molar-refractivity contribution is 6.06. The Kier molecular flexibility index (Phi) is 8.30. The van der Waals surface area contributed by atoms with E-state index in [1.54, 1.807) is 37.4 Å². The normalized spacial score (nSPS) is 22.4. The third-order valence-corrected chi connectivity index (χ3v) is 7.92. The molecule has 3 aliphatic rings. The molecule has 1 aromatic carbocycles. The fourth-order valence-corrected chi connectivity index (χ4v) is 5.53. The molecule has 2 fully saturated rings. The number of aryl methyl sites for hydroxylation is 1. The SMILES string of the molecule is C=N/C(=C1/C(N)=NC=CN1C[C@@H]1CCCN(C(O)C2(C)COC2)C1)c1ccc(C(=O)Nc2cc(C)c(F)cn2)cc1. The van der Waals surface area contributed by atoms with E-state index in [1.807, 2.05) is 11.1 Å². The summed E-state index contributed by atoms with van der Waals surface area (Å²) in [6.07, 6.45) is 6.10. The molecule has 4 heterocycles. The topological polar surface area (TPSA) is 129 Å². The number of amides is 1. The Hall–Kier alpha value is -3.93. The number of carbonyl (C=O) groups is 1. The molecule has 1 amide bonds. The highest BCUT2D eigenvalue weighted by Crippen LogP contribution is 2.35. The van der Waals surface area contributed by atoms with E-state index in [4.69, 9.17) is 10.5 Å². The number of aliphatic hydroxyl groups is 1. The quantitative estimate of drug-likeness (QED) is 0.422. The number of likely N-dealkylation sites (tertiary alicyclic amines) is 1. The Bertz CT molecular complexity index is 1400. The Morgan fingerprint density at radius 2 is 2.07 bits per heavy atom. The van der Waals surface area contributed by atoms with Crippen LogP contribution in [0.25, 0.3) is 5.70 Å². The molecule has 0 bridgehead atoms. The Morgan fingerprint density at radius 1 is 1.34 bits per heavy atom. The van der Waals surface area contributed by atoms with Crippen molar-refractivity contribution >= 4 is 30.0 Å². The first kappa shape index (κ1) is 28.6. The minimum Gasteiger partial charge on any atom is -0.382 e. The summed E-state index contributed by atoms with van der Waals surface area (Å²) < 4.78 is 18.9. The number of aliphatic imine (C=N–C) groups is 2. The second-order valence-electron chi connectivity index (χ2n) is 11.2. The Balaban J connectivity index is 1.32. The van der Waals surface area contributed by atoms with Crippen LogP contribution in [-0.2, 0) is 4.74 Å². The molecule has 0 saturated carbocycles. The van der Waals surface area contributed by atoms with Gasteiger partial charge in [-0.05, 0) is 56.2 Å². The number of halogens is 1. The summed E-state index contributed by atoms with van der Waals surface area (Å²) in [5, 5.41) is 13.7. The number of piperidine rings is 1. The third-order valence-electron chi connectivity index (χ3n) is 7.92. The highest BCUT2D eigenvalue weighted by Gasteiger charge is 2.44. The van der Waals surface area contributed by atoms with Gasteiger partial charge in [-0.25, -0.2) is 14.4 Å². The van der Waals surface area contributed by atoms with Crippen LogP contribution in [0.1, 0.15) is 41.3 Å².